The number of fused-ring (bicyclic) bond motifs is 1. The average Bonchev–Trinajstić information content (AvgIpc) is 3.09. The molecule has 0 saturated heterocycles. The molecule has 0 spiro atoms. The molecule has 2 aromatic rings. The number of carbonyl (C=O) groups excluding carboxylic acids is 1. The molecular formula is C18H20N4O2. The minimum atomic E-state index is -0.541. The zero-order chi connectivity index (χ0) is 17.3. The number of nitrogens with one attached hydrogen (secondary N) is 1. The molecule has 0 saturated carbocycles. The van der Waals surface area contributed by atoms with Gasteiger partial charge in [-0.3, -0.25) is 4.79 Å². The number of nitrogens with zero attached hydrogens (tertiary/aromatic N) is 3. The third kappa shape index (κ3) is 3.11. The molecule has 2 heterocycles. The van der Waals surface area contributed by atoms with Gasteiger partial charge in [-0.25, -0.2) is 4.68 Å². The maximum atomic E-state index is 12.5. The summed E-state index contributed by atoms with van der Waals surface area (Å²) in [5, 5.41) is 15.9. The molecule has 1 aromatic heterocycles. The smallest absolute Gasteiger partial charge is 0.266 e. The Kier molecular flexibility index (Phi) is 4.26. The summed E-state index contributed by atoms with van der Waals surface area (Å²) in [5.41, 5.74) is 4.21. The van der Waals surface area contributed by atoms with Gasteiger partial charge in [0.2, 0.25) is 0 Å². The molecule has 0 fully saturated rings. The highest BCUT2D eigenvalue weighted by molar-refractivity contribution is 5.94. The number of hydrogen-bond donors (Lipinski definition) is 1. The Hall–Kier alpha value is -2.81. The molecule has 0 bridgehead atoms. The third-order valence-corrected chi connectivity index (χ3v) is 4.23. The second-order valence-electron chi connectivity index (χ2n) is 6.15. The van der Waals surface area contributed by atoms with E-state index in [1.807, 2.05) is 19.9 Å². The molecule has 124 valence electrons. The summed E-state index contributed by atoms with van der Waals surface area (Å²) < 4.78 is 7.46. The van der Waals surface area contributed by atoms with Gasteiger partial charge in [-0.2, -0.15) is 10.4 Å². The quantitative estimate of drug-likeness (QED) is 0.937. The zero-order valence-corrected chi connectivity index (χ0v) is 14.1. The van der Waals surface area contributed by atoms with E-state index in [0.29, 0.717) is 25.2 Å². The lowest BCUT2D eigenvalue weighted by molar-refractivity contribution is -0.122. The van der Waals surface area contributed by atoms with Crippen LogP contribution in [0.25, 0.3) is 0 Å². The number of carbonyl (C=O) groups is 1. The number of aromatic nitrogens is 2. The molecule has 0 radical (unpaired) electrons. The predicted octanol–water partition coefficient (Wildman–Crippen LogP) is 2.66. The lowest BCUT2D eigenvalue weighted by atomic mass is 10.0. The fraction of sp³-hybridized carbons (Fsp3) is 0.389. The molecule has 0 aliphatic carbocycles. The minimum absolute atomic E-state index is 0.195. The van der Waals surface area contributed by atoms with Crippen molar-refractivity contribution in [1.82, 2.24) is 9.78 Å². The summed E-state index contributed by atoms with van der Waals surface area (Å²) in [4.78, 5) is 12.5. The largest absolute Gasteiger partial charge is 0.480 e. The van der Waals surface area contributed by atoms with Gasteiger partial charge in [-0.15, -0.1) is 0 Å². The Bertz CT molecular complexity index is 801. The molecule has 24 heavy (non-hydrogen) atoms. The number of nitriles is 1. The number of rotatable bonds is 4. The van der Waals surface area contributed by atoms with Crippen molar-refractivity contribution >= 4 is 11.7 Å². The van der Waals surface area contributed by atoms with E-state index in [4.69, 9.17) is 10.00 Å². The molecule has 1 aromatic carbocycles. The maximum absolute atomic E-state index is 12.5. The van der Waals surface area contributed by atoms with Crippen LogP contribution in [-0.4, -0.2) is 21.8 Å². The molecule has 1 amide bonds. The van der Waals surface area contributed by atoms with Gasteiger partial charge in [0.1, 0.15) is 11.6 Å². The van der Waals surface area contributed by atoms with Gasteiger partial charge in [0.05, 0.1) is 24.7 Å². The van der Waals surface area contributed by atoms with Crippen molar-refractivity contribution < 1.29 is 9.53 Å². The lowest BCUT2D eigenvalue weighted by Crippen LogP contribution is -2.32. The van der Waals surface area contributed by atoms with Gasteiger partial charge in [0.25, 0.3) is 5.91 Å². The first-order chi connectivity index (χ1) is 11.5. The standard InChI is InChI=1S/C18H20N4O2/c1-11-7-14-10-16(24-15(14)8-12(11)2)18(23)20-17-9-13(3)21-22(17)6-4-5-19/h7-9,16H,4,6,10H2,1-3H3,(H,20,23)/t16-/m0/s1. The van der Waals surface area contributed by atoms with Gasteiger partial charge >= 0.3 is 0 Å². The van der Waals surface area contributed by atoms with Crippen LogP contribution in [0.1, 0.15) is 28.8 Å². The fourth-order valence-electron chi connectivity index (χ4n) is 2.84. The van der Waals surface area contributed by atoms with E-state index in [1.165, 1.54) is 5.56 Å². The van der Waals surface area contributed by atoms with E-state index in [-0.39, 0.29) is 5.91 Å². The van der Waals surface area contributed by atoms with Crippen LogP contribution in [0, 0.1) is 32.1 Å². The van der Waals surface area contributed by atoms with Crippen LogP contribution in [0.3, 0.4) is 0 Å². The summed E-state index contributed by atoms with van der Waals surface area (Å²) in [6.45, 7) is 6.39. The highest BCUT2D eigenvalue weighted by atomic mass is 16.5. The van der Waals surface area contributed by atoms with Crippen LogP contribution in [0.2, 0.25) is 0 Å². The van der Waals surface area contributed by atoms with Gasteiger partial charge in [-0.1, -0.05) is 6.07 Å². The summed E-state index contributed by atoms with van der Waals surface area (Å²) in [6, 6.07) is 7.95. The second-order valence-corrected chi connectivity index (χ2v) is 6.15. The number of aryl methyl sites for hydroxylation is 4. The van der Waals surface area contributed by atoms with E-state index in [0.717, 1.165) is 22.6 Å². The topological polar surface area (TPSA) is 79.9 Å². The summed E-state index contributed by atoms with van der Waals surface area (Å²) >= 11 is 0. The van der Waals surface area contributed by atoms with Crippen molar-refractivity contribution in [2.45, 2.75) is 46.3 Å². The zero-order valence-electron chi connectivity index (χ0n) is 14.1. The summed E-state index contributed by atoms with van der Waals surface area (Å²) in [5.74, 6) is 1.19. The highest BCUT2D eigenvalue weighted by Gasteiger charge is 2.30. The van der Waals surface area contributed by atoms with Gasteiger partial charge < -0.3 is 10.1 Å². The molecule has 6 heteroatoms. The van der Waals surface area contributed by atoms with Crippen LogP contribution in [-0.2, 0) is 17.8 Å². The van der Waals surface area contributed by atoms with E-state index < -0.39 is 6.10 Å². The number of hydrogen-bond acceptors (Lipinski definition) is 4. The minimum Gasteiger partial charge on any atom is -0.480 e. The Morgan fingerprint density at radius 1 is 1.38 bits per heavy atom. The molecule has 1 N–H and O–H groups in total. The number of anilines is 1. The highest BCUT2D eigenvalue weighted by Crippen LogP contribution is 2.31. The lowest BCUT2D eigenvalue weighted by Gasteiger charge is -2.12. The van der Waals surface area contributed by atoms with Gasteiger partial charge in [0, 0.05) is 12.5 Å². The van der Waals surface area contributed by atoms with Crippen molar-refractivity contribution in [2.75, 3.05) is 5.32 Å². The first-order valence-electron chi connectivity index (χ1n) is 7.97. The average molecular weight is 324 g/mol. The van der Waals surface area contributed by atoms with Gasteiger partial charge in [-0.05, 0) is 43.5 Å². The molecular weight excluding hydrogens is 304 g/mol. The monoisotopic (exact) mass is 324 g/mol. The van der Waals surface area contributed by atoms with E-state index >= 15 is 0 Å². The Balaban J connectivity index is 1.72. The Morgan fingerprint density at radius 3 is 2.88 bits per heavy atom. The van der Waals surface area contributed by atoms with E-state index in [2.05, 4.69) is 29.5 Å². The Labute approximate surface area is 141 Å². The van der Waals surface area contributed by atoms with Crippen molar-refractivity contribution in [2.24, 2.45) is 0 Å². The third-order valence-electron chi connectivity index (χ3n) is 4.23. The Morgan fingerprint density at radius 2 is 2.12 bits per heavy atom. The summed E-state index contributed by atoms with van der Waals surface area (Å²) in [7, 11) is 0. The van der Waals surface area contributed by atoms with Crippen LogP contribution < -0.4 is 10.1 Å². The van der Waals surface area contributed by atoms with E-state index in [1.54, 1.807) is 10.7 Å². The van der Waals surface area contributed by atoms with Crippen LogP contribution >= 0.6 is 0 Å². The molecule has 6 nitrogen and oxygen atoms in total. The molecule has 1 aliphatic rings. The predicted molar refractivity (Wildman–Crippen MR) is 89.9 cm³/mol. The van der Waals surface area contributed by atoms with Crippen molar-refractivity contribution in [3.8, 4) is 11.8 Å². The van der Waals surface area contributed by atoms with Crippen LogP contribution in [0.4, 0.5) is 5.82 Å². The molecule has 1 atom stereocenters. The van der Waals surface area contributed by atoms with Crippen LogP contribution in [0.5, 0.6) is 5.75 Å². The maximum Gasteiger partial charge on any atom is 0.266 e. The normalized spacial score (nSPS) is 15.5. The summed E-state index contributed by atoms with van der Waals surface area (Å²) in [6.07, 6.45) is 0.363. The fourth-order valence-corrected chi connectivity index (χ4v) is 2.84. The number of ether oxygens (including phenoxy) is 1. The molecule has 3 rings (SSSR count). The second kappa shape index (κ2) is 6.36. The molecule has 0 unspecified atom stereocenters. The molecule has 1 aliphatic heterocycles. The van der Waals surface area contributed by atoms with Crippen molar-refractivity contribution in [3.63, 3.8) is 0 Å². The van der Waals surface area contributed by atoms with E-state index in [9.17, 15) is 4.79 Å². The number of benzene rings is 1. The van der Waals surface area contributed by atoms with Crippen LogP contribution in [0.15, 0.2) is 18.2 Å². The van der Waals surface area contributed by atoms with Gasteiger partial charge in [0.15, 0.2) is 6.10 Å². The first-order valence-corrected chi connectivity index (χ1v) is 7.97. The number of amides is 1. The van der Waals surface area contributed by atoms with Crippen molar-refractivity contribution in [3.05, 3.63) is 40.6 Å². The SMILES string of the molecule is Cc1cc(NC(=O)[C@@H]2Cc3cc(C)c(C)cc3O2)n(CCC#N)n1. The first kappa shape index (κ1) is 16.1. The van der Waals surface area contributed by atoms with Crippen molar-refractivity contribution in [1.29, 1.82) is 5.26 Å².